The third-order valence-electron chi connectivity index (χ3n) is 4.02. The van der Waals surface area contributed by atoms with Crippen LogP contribution >= 0.6 is 0 Å². The topological polar surface area (TPSA) is 107 Å². The Bertz CT molecular complexity index is 903. The summed E-state index contributed by atoms with van der Waals surface area (Å²) in [5.41, 5.74) is -0.127. The minimum Gasteiger partial charge on any atom is -0.464 e. The number of ether oxygens (including phenoxy) is 2. The summed E-state index contributed by atoms with van der Waals surface area (Å²) in [4.78, 5) is 36.3. The van der Waals surface area contributed by atoms with Crippen LogP contribution in [0.5, 0.6) is 0 Å². The molecule has 0 aliphatic heterocycles. The van der Waals surface area contributed by atoms with Crippen molar-refractivity contribution in [2.45, 2.75) is 71.6 Å². The van der Waals surface area contributed by atoms with Gasteiger partial charge in [-0.05, 0) is 59.6 Å². The third-order valence-corrected chi connectivity index (χ3v) is 4.02. The number of hydrogen-bond donors (Lipinski definition) is 2. The number of carbonyl (C=O) groups excluding carboxylic acids is 2. The summed E-state index contributed by atoms with van der Waals surface area (Å²) >= 11 is 0. The van der Waals surface area contributed by atoms with Crippen molar-refractivity contribution in [3.8, 4) is 0 Å². The number of hydrogen-bond acceptors (Lipinski definition) is 5. The van der Waals surface area contributed by atoms with Crippen LogP contribution in [0.4, 0.5) is 9.59 Å². The van der Waals surface area contributed by atoms with E-state index in [4.69, 9.17) is 9.47 Å². The molecule has 1 aromatic carbocycles. The fraction of sp³-hybridized carbons (Fsp3) is 0.500. The van der Waals surface area contributed by atoms with E-state index in [0.29, 0.717) is 11.1 Å². The van der Waals surface area contributed by atoms with Crippen LogP contribution in [-0.2, 0) is 20.7 Å². The van der Waals surface area contributed by atoms with Gasteiger partial charge in [0, 0.05) is 17.6 Å². The van der Waals surface area contributed by atoms with Crippen molar-refractivity contribution in [1.82, 2.24) is 9.88 Å². The first-order valence-electron chi connectivity index (χ1n) is 9.79. The number of carbonyl (C=O) groups is 3. The average Bonchev–Trinajstić information content (AvgIpc) is 2.90. The summed E-state index contributed by atoms with van der Waals surface area (Å²) in [6.07, 6.45) is -0.104. The molecule has 0 aliphatic rings. The highest BCUT2D eigenvalue weighted by atomic mass is 16.6. The van der Waals surface area contributed by atoms with Crippen LogP contribution in [0.3, 0.4) is 0 Å². The number of carboxylic acid groups (broad SMARTS) is 1. The molecule has 1 atom stereocenters. The van der Waals surface area contributed by atoms with Gasteiger partial charge in [-0.1, -0.05) is 18.2 Å². The zero-order valence-corrected chi connectivity index (χ0v) is 18.3. The number of nitrogens with zero attached hydrogens (tertiary/aromatic N) is 1. The van der Waals surface area contributed by atoms with Crippen molar-refractivity contribution in [2.24, 2.45) is 0 Å². The Morgan fingerprint density at radius 1 is 1.03 bits per heavy atom. The molecular weight excluding hydrogens is 388 g/mol. The van der Waals surface area contributed by atoms with Gasteiger partial charge in [-0.2, -0.15) is 0 Å². The molecule has 2 N–H and O–H groups in total. The normalized spacial score (nSPS) is 13.0. The summed E-state index contributed by atoms with van der Waals surface area (Å²) in [5.74, 6) is -0.467. The van der Waals surface area contributed by atoms with Gasteiger partial charge < -0.3 is 19.9 Å². The highest BCUT2D eigenvalue weighted by Gasteiger charge is 2.26. The average molecular weight is 418 g/mol. The highest BCUT2D eigenvalue weighted by molar-refractivity contribution is 5.91. The Labute approximate surface area is 176 Å². The van der Waals surface area contributed by atoms with Crippen LogP contribution in [0.25, 0.3) is 10.9 Å². The van der Waals surface area contributed by atoms with Crippen LogP contribution in [-0.4, -0.2) is 45.1 Å². The Kier molecular flexibility index (Phi) is 6.80. The molecule has 0 fully saturated rings. The van der Waals surface area contributed by atoms with E-state index in [2.05, 4.69) is 5.32 Å². The molecule has 164 valence electrons. The lowest BCUT2D eigenvalue weighted by atomic mass is 10.0. The second-order valence-electron chi connectivity index (χ2n) is 9.16. The molecule has 0 saturated heterocycles. The number of fused-ring (bicyclic) bond motifs is 1. The summed E-state index contributed by atoms with van der Waals surface area (Å²) in [6, 6.07) is 6.44. The van der Waals surface area contributed by atoms with Gasteiger partial charge in [-0.25, -0.2) is 9.59 Å². The van der Waals surface area contributed by atoms with Gasteiger partial charge in [0.2, 0.25) is 0 Å². The van der Waals surface area contributed by atoms with E-state index in [1.165, 1.54) is 6.20 Å². The molecule has 1 amide bonds. The molecule has 2 aromatic rings. The van der Waals surface area contributed by atoms with Crippen LogP contribution < -0.4 is 5.32 Å². The van der Waals surface area contributed by atoms with Gasteiger partial charge in [0.1, 0.15) is 11.2 Å². The molecule has 8 nitrogen and oxygen atoms in total. The second-order valence-corrected chi connectivity index (χ2v) is 9.16. The Hall–Kier alpha value is -3.03. The fourth-order valence-electron chi connectivity index (χ4n) is 3.07. The lowest BCUT2D eigenvalue weighted by Crippen LogP contribution is -2.42. The van der Waals surface area contributed by atoms with Gasteiger partial charge in [-0.3, -0.25) is 9.36 Å². The van der Waals surface area contributed by atoms with Crippen LogP contribution in [0.1, 0.15) is 53.5 Å². The van der Waals surface area contributed by atoms with Crippen molar-refractivity contribution >= 4 is 29.1 Å². The molecule has 0 spiro atoms. The maximum absolute atomic E-state index is 12.4. The third kappa shape index (κ3) is 6.79. The van der Waals surface area contributed by atoms with Gasteiger partial charge in [0.05, 0.1) is 11.9 Å². The van der Waals surface area contributed by atoms with Crippen molar-refractivity contribution < 1.29 is 29.0 Å². The number of aromatic nitrogens is 1. The van der Waals surface area contributed by atoms with Gasteiger partial charge in [-0.15, -0.1) is 0 Å². The minimum atomic E-state index is -1.11. The van der Waals surface area contributed by atoms with Gasteiger partial charge >= 0.3 is 18.2 Å². The molecule has 0 radical (unpaired) electrons. The summed E-state index contributed by atoms with van der Waals surface area (Å²) in [6.45, 7) is 10.5. The molecule has 0 aliphatic carbocycles. The molecule has 0 bridgehead atoms. The number of para-hydroxylation sites is 1. The van der Waals surface area contributed by atoms with Crippen molar-refractivity contribution in [3.05, 3.63) is 36.0 Å². The number of benzene rings is 1. The lowest BCUT2D eigenvalue weighted by molar-refractivity contribution is -0.155. The van der Waals surface area contributed by atoms with Crippen molar-refractivity contribution in [2.75, 3.05) is 0 Å². The zero-order chi connectivity index (χ0) is 22.7. The molecule has 2 rings (SSSR count). The molecule has 1 aromatic heterocycles. The number of amides is 1. The van der Waals surface area contributed by atoms with E-state index >= 15 is 0 Å². The number of rotatable bonds is 5. The molecule has 1 heterocycles. The number of esters is 1. The maximum Gasteiger partial charge on any atom is 0.416 e. The van der Waals surface area contributed by atoms with Crippen LogP contribution in [0.2, 0.25) is 0 Å². The van der Waals surface area contributed by atoms with E-state index in [1.807, 2.05) is 12.1 Å². The summed E-state index contributed by atoms with van der Waals surface area (Å²) < 4.78 is 11.8. The second kappa shape index (κ2) is 8.77. The Balaban J connectivity index is 2.30. The van der Waals surface area contributed by atoms with Gasteiger partial charge in [0.15, 0.2) is 0 Å². The maximum atomic E-state index is 12.4. The van der Waals surface area contributed by atoms with Crippen LogP contribution in [0.15, 0.2) is 30.5 Å². The number of nitrogens with one attached hydrogen (secondary N) is 1. The van der Waals surface area contributed by atoms with E-state index in [1.54, 1.807) is 53.7 Å². The fourth-order valence-corrected chi connectivity index (χ4v) is 3.07. The predicted octanol–water partition coefficient (Wildman–Crippen LogP) is 4.34. The predicted molar refractivity (Wildman–Crippen MR) is 113 cm³/mol. The largest absolute Gasteiger partial charge is 0.464 e. The first kappa shape index (κ1) is 23.3. The van der Waals surface area contributed by atoms with Crippen LogP contribution in [0, 0.1) is 0 Å². The van der Waals surface area contributed by atoms with E-state index in [9.17, 15) is 19.5 Å². The number of alkyl carbamates (subject to hydrolysis) is 1. The lowest BCUT2D eigenvalue weighted by Gasteiger charge is -2.25. The Morgan fingerprint density at radius 3 is 2.20 bits per heavy atom. The van der Waals surface area contributed by atoms with E-state index < -0.39 is 35.4 Å². The monoisotopic (exact) mass is 418 g/mol. The quantitative estimate of drug-likeness (QED) is 0.700. The van der Waals surface area contributed by atoms with E-state index in [0.717, 1.165) is 9.95 Å². The summed E-state index contributed by atoms with van der Waals surface area (Å²) in [7, 11) is 0. The smallest absolute Gasteiger partial charge is 0.416 e. The zero-order valence-electron chi connectivity index (χ0n) is 18.3. The first-order chi connectivity index (χ1) is 13.7. The molecule has 0 saturated carbocycles. The van der Waals surface area contributed by atoms with Crippen molar-refractivity contribution in [1.29, 1.82) is 0 Å². The molecule has 8 heteroatoms. The standard InChI is InChI=1S/C22H30N2O6/c1-21(2,3)29-18(25)12-15(23-19(26)30-22(4,5)6)11-14-13-24(20(27)28)17-10-8-7-9-16(14)17/h7-10,13,15H,11-12H2,1-6H3,(H,23,26)(H,27,28)/t15-/m0/s1. The molecule has 30 heavy (non-hydrogen) atoms. The summed E-state index contributed by atoms with van der Waals surface area (Å²) in [5, 5.41) is 12.9. The highest BCUT2D eigenvalue weighted by Crippen LogP contribution is 2.23. The van der Waals surface area contributed by atoms with Gasteiger partial charge in [0.25, 0.3) is 0 Å². The Morgan fingerprint density at radius 2 is 1.63 bits per heavy atom. The molecule has 0 unspecified atom stereocenters. The van der Waals surface area contributed by atoms with Crippen molar-refractivity contribution in [3.63, 3.8) is 0 Å². The SMILES string of the molecule is CC(C)(C)OC(=O)C[C@H](Cc1cn(C(=O)O)c2ccccc12)NC(=O)OC(C)(C)C. The first-order valence-corrected chi connectivity index (χ1v) is 9.79. The molecular formula is C22H30N2O6. The van der Waals surface area contributed by atoms with E-state index in [-0.39, 0.29) is 12.8 Å². The minimum absolute atomic E-state index is 0.0803.